The van der Waals surface area contributed by atoms with Crippen molar-refractivity contribution in [2.45, 2.75) is 13.5 Å². The summed E-state index contributed by atoms with van der Waals surface area (Å²) in [5.74, 6) is 0.553. The minimum atomic E-state index is -0.191. The number of hydrogen-bond acceptors (Lipinski definition) is 3. The number of nitrogens with zero attached hydrogens (tertiary/aromatic N) is 2. The minimum absolute atomic E-state index is 0.191. The van der Waals surface area contributed by atoms with Gasteiger partial charge in [-0.15, -0.1) is 0 Å². The molecule has 0 saturated heterocycles. The van der Waals surface area contributed by atoms with Crippen LogP contribution in [0, 0.1) is 6.92 Å². The van der Waals surface area contributed by atoms with E-state index in [-0.39, 0.29) is 5.91 Å². The van der Waals surface area contributed by atoms with Crippen molar-refractivity contribution in [2.75, 3.05) is 7.11 Å². The van der Waals surface area contributed by atoms with Crippen molar-refractivity contribution in [3.63, 3.8) is 0 Å². The van der Waals surface area contributed by atoms with Crippen LogP contribution in [0.5, 0.6) is 5.75 Å². The van der Waals surface area contributed by atoms with Gasteiger partial charge in [0.05, 0.1) is 12.8 Å². The molecule has 0 atom stereocenters. The van der Waals surface area contributed by atoms with Gasteiger partial charge in [-0.05, 0) is 19.1 Å². The van der Waals surface area contributed by atoms with Crippen molar-refractivity contribution >= 4 is 23.2 Å². The molecule has 118 valence electrons. The summed E-state index contributed by atoms with van der Waals surface area (Å²) >= 11 is 5.97. The van der Waals surface area contributed by atoms with E-state index in [1.807, 2.05) is 24.3 Å². The lowest BCUT2D eigenvalue weighted by molar-refractivity contribution is 0.0944. The fourth-order valence-corrected chi connectivity index (χ4v) is 2.67. The third kappa shape index (κ3) is 3.00. The van der Waals surface area contributed by atoms with Crippen molar-refractivity contribution in [3.05, 3.63) is 64.6 Å². The SMILES string of the molecule is COc1ccccc1CNC(=O)c1c(C)nc2cc(Cl)ccn12. The van der Waals surface area contributed by atoms with Crippen molar-refractivity contribution in [2.24, 2.45) is 0 Å². The first kappa shape index (κ1) is 15.4. The Balaban J connectivity index is 1.85. The number of hydrogen-bond donors (Lipinski definition) is 1. The van der Waals surface area contributed by atoms with E-state index in [9.17, 15) is 4.79 Å². The van der Waals surface area contributed by atoms with Gasteiger partial charge in [0.2, 0.25) is 0 Å². The van der Waals surface area contributed by atoms with Crippen LogP contribution >= 0.6 is 11.6 Å². The highest BCUT2D eigenvalue weighted by Crippen LogP contribution is 2.19. The van der Waals surface area contributed by atoms with Gasteiger partial charge in [-0.3, -0.25) is 9.20 Å². The molecule has 2 aromatic heterocycles. The van der Waals surface area contributed by atoms with Gasteiger partial charge in [0.25, 0.3) is 5.91 Å². The van der Waals surface area contributed by atoms with E-state index in [1.165, 1.54) is 0 Å². The molecule has 0 bridgehead atoms. The molecule has 3 aromatic rings. The highest BCUT2D eigenvalue weighted by molar-refractivity contribution is 6.30. The van der Waals surface area contributed by atoms with Gasteiger partial charge in [-0.25, -0.2) is 4.98 Å². The molecular weight excluding hydrogens is 314 g/mol. The fraction of sp³-hybridized carbons (Fsp3) is 0.176. The standard InChI is InChI=1S/C17H16ClN3O2/c1-11-16(21-8-7-13(18)9-15(21)20-11)17(22)19-10-12-5-3-4-6-14(12)23-2/h3-9H,10H2,1-2H3,(H,19,22). The number of benzene rings is 1. The van der Waals surface area contributed by atoms with E-state index in [2.05, 4.69) is 10.3 Å². The second-order valence-electron chi connectivity index (χ2n) is 5.11. The average Bonchev–Trinajstić information content (AvgIpc) is 2.87. The lowest BCUT2D eigenvalue weighted by Gasteiger charge is -2.10. The molecule has 6 heteroatoms. The molecule has 0 aliphatic carbocycles. The number of methoxy groups -OCH3 is 1. The lowest BCUT2D eigenvalue weighted by Crippen LogP contribution is -2.25. The molecule has 5 nitrogen and oxygen atoms in total. The van der Waals surface area contributed by atoms with E-state index in [4.69, 9.17) is 16.3 Å². The Morgan fingerprint density at radius 2 is 2.13 bits per heavy atom. The number of carbonyl (C=O) groups excluding carboxylic acids is 1. The van der Waals surface area contributed by atoms with Crippen LogP contribution < -0.4 is 10.1 Å². The number of rotatable bonds is 4. The maximum Gasteiger partial charge on any atom is 0.270 e. The van der Waals surface area contributed by atoms with Crippen LogP contribution in [-0.4, -0.2) is 22.4 Å². The first-order chi connectivity index (χ1) is 11.1. The van der Waals surface area contributed by atoms with E-state index in [1.54, 1.807) is 36.8 Å². The first-order valence-electron chi connectivity index (χ1n) is 7.14. The van der Waals surface area contributed by atoms with Crippen LogP contribution in [0.2, 0.25) is 5.02 Å². The van der Waals surface area contributed by atoms with Crippen molar-refractivity contribution in [1.82, 2.24) is 14.7 Å². The summed E-state index contributed by atoms with van der Waals surface area (Å²) in [6.45, 7) is 2.18. The number of aryl methyl sites for hydroxylation is 1. The van der Waals surface area contributed by atoms with Gasteiger partial charge in [0, 0.05) is 29.4 Å². The predicted molar refractivity (Wildman–Crippen MR) is 89.1 cm³/mol. The number of fused-ring (bicyclic) bond motifs is 1. The van der Waals surface area contributed by atoms with Crippen LogP contribution in [0.25, 0.3) is 5.65 Å². The number of para-hydroxylation sites is 1. The average molecular weight is 330 g/mol. The summed E-state index contributed by atoms with van der Waals surface area (Å²) in [5.41, 5.74) is 2.73. The van der Waals surface area contributed by atoms with E-state index < -0.39 is 0 Å². The quantitative estimate of drug-likeness (QED) is 0.799. The third-order valence-corrected chi connectivity index (χ3v) is 3.84. The Labute approximate surface area is 138 Å². The molecule has 1 aromatic carbocycles. The summed E-state index contributed by atoms with van der Waals surface area (Å²) in [6.07, 6.45) is 1.75. The van der Waals surface area contributed by atoms with Gasteiger partial charge < -0.3 is 10.1 Å². The van der Waals surface area contributed by atoms with Gasteiger partial charge in [0.15, 0.2) is 0 Å². The molecule has 0 spiro atoms. The summed E-state index contributed by atoms with van der Waals surface area (Å²) in [4.78, 5) is 16.9. The smallest absolute Gasteiger partial charge is 0.270 e. The molecule has 0 fully saturated rings. The number of halogens is 1. The van der Waals surface area contributed by atoms with Crippen LogP contribution in [0.1, 0.15) is 21.7 Å². The molecule has 1 amide bonds. The van der Waals surface area contributed by atoms with Gasteiger partial charge in [0.1, 0.15) is 17.1 Å². The topological polar surface area (TPSA) is 55.6 Å². The number of imidazole rings is 1. The monoisotopic (exact) mass is 329 g/mol. The summed E-state index contributed by atoms with van der Waals surface area (Å²) in [7, 11) is 1.61. The lowest BCUT2D eigenvalue weighted by atomic mass is 10.2. The Kier molecular flexibility index (Phi) is 4.21. The zero-order chi connectivity index (χ0) is 16.4. The Bertz CT molecular complexity index is 873. The molecular formula is C17H16ClN3O2. The van der Waals surface area contributed by atoms with Gasteiger partial charge in [-0.2, -0.15) is 0 Å². The van der Waals surface area contributed by atoms with Crippen LogP contribution in [-0.2, 0) is 6.54 Å². The highest BCUT2D eigenvalue weighted by Gasteiger charge is 2.17. The van der Waals surface area contributed by atoms with Crippen molar-refractivity contribution in [1.29, 1.82) is 0 Å². The van der Waals surface area contributed by atoms with E-state index in [0.29, 0.717) is 28.6 Å². The van der Waals surface area contributed by atoms with Crippen LogP contribution in [0.4, 0.5) is 0 Å². The second kappa shape index (κ2) is 6.30. The van der Waals surface area contributed by atoms with Gasteiger partial charge >= 0.3 is 0 Å². The number of pyridine rings is 1. The van der Waals surface area contributed by atoms with E-state index in [0.717, 1.165) is 11.3 Å². The number of amides is 1. The molecule has 1 N–H and O–H groups in total. The van der Waals surface area contributed by atoms with Crippen molar-refractivity contribution in [3.8, 4) is 5.75 Å². The molecule has 0 aliphatic heterocycles. The maximum absolute atomic E-state index is 12.6. The zero-order valence-corrected chi connectivity index (χ0v) is 13.6. The van der Waals surface area contributed by atoms with Crippen LogP contribution in [0.3, 0.4) is 0 Å². The van der Waals surface area contributed by atoms with Crippen LogP contribution in [0.15, 0.2) is 42.6 Å². The number of carbonyl (C=O) groups is 1. The maximum atomic E-state index is 12.6. The summed E-state index contributed by atoms with van der Waals surface area (Å²) in [6, 6.07) is 11.0. The number of ether oxygens (including phenoxy) is 1. The minimum Gasteiger partial charge on any atom is -0.496 e. The molecule has 0 aliphatic rings. The van der Waals surface area contributed by atoms with Gasteiger partial charge in [-0.1, -0.05) is 29.8 Å². The first-order valence-corrected chi connectivity index (χ1v) is 7.52. The Morgan fingerprint density at radius 3 is 2.91 bits per heavy atom. The summed E-state index contributed by atoms with van der Waals surface area (Å²) < 4.78 is 7.03. The molecule has 23 heavy (non-hydrogen) atoms. The largest absolute Gasteiger partial charge is 0.496 e. The molecule has 0 unspecified atom stereocenters. The second-order valence-corrected chi connectivity index (χ2v) is 5.55. The number of aromatic nitrogens is 2. The molecule has 0 radical (unpaired) electrons. The zero-order valence-electron chi connectivity index (χ0n) is 12.8. The Morgan fingerprint density at radius 1 is 1.35 bits per heavy atom. The Hall–Kier alpha value is -2.53. The van der Waals surface area contributed by atoms with E-state index >= 15 is 0 Å². The molecule has 2 heterocycles. The fourth-order valence-electron chi connectivity index (χ4n) is 2.52. The van der Waals surface area contributed by atoms with Crippen molar-refractivity contribution < 1.29 is 9.53 Å². The molecule has 0 saturated carbocycles. The summed E-state index contributed by atoms with van der Waals surface area (Å²) in [5, 5.41) is 3.50. The predicted octanol–water partition coefficient (Wildman–Crippen LogP) is 3.23. The third-order valence-electron chi connectivity index (χ3n) is 3.61. The molecule has 3 rings (SSSR count). The number of nitrogens with one attached hydrogen (secondary N) is 1. The highest BCUT2D eigenvalue weighted by atomic mass is 35.5. The normalized spacial score (nSPS) is 10.7.